The highest BCUT2D eigenvalue weighted by Gasteiger charge is 2.33. The molecule has 1 aliphatic rings. The van der Waals surface area contributed by atoms with Crippen molar-refractivity contribution in [2.45, 2.75) is 25.8 Å². The number of fused-ring (bicyclic) bond motifs is 1. The number of benzene rings is 1. The number of hydrogen-bond acceptors (Lipinski definition) is 6. The quantitative estimate of drug-likeness (QED) is 0.639. The van der Waals surface area contributed by atoms with Crippen LogP contribution in [-0.2, 0) is 11.2 Å². The Morgan fingerprint density at radius 3 is 2.71 bits per heavy atom. The average Bonchev–Trinajstić information content (AvgIpc) is 2.94. The van der Waals surface area contributed by atoms with E-state index in [1.54, 1.807) is 35.9 Å². The number of phenolic OH excluding ortho intramolecular Hbond substituents is 1. The minimum Gasteiger partial charge on any atom is -0.508 e. The number of aliphatic hydroxyl groups excluding tert-OH is 1. The van der Waals surface area contributed by atoms with Crippen LogP contribution in [0.3, 0.4) is 0 Å². The summed E-state index contributed by atoms with van der Waals surface area (Å²) < 4.78 is 1.62. The number of carbonyl (C=O) groups is 1. The van der Waals surface area contributed by atoms with Gasteiger partial charge in [-0.1, -0.05) is 12.1 Å². The summed E-state index contributed by atoms with van der Waals surface area (Å²) in [5, 5.41) is 26.0. The van der Waals surface area contributed by atoms with Gasteiger partial charge >= 0.3 is 0 Å². The second kappa shape index (κ2) is 6.32. The SMILES string of the molecule is CC1=C(C(N)=O)[C@@H](c2ccc(O)cc2)n2nc(CCCO)nc2N1. The molecular weight excluding hydrogens is 310 g/mol. The van der Waals surface area contributed by atoms with Crippen molar-refractivity contribution in [1.29, 1.82) is 0 Å². The summed E-state index contributed by atoms with van der Waals surface area (Å²) in [6.07, 6.45) is 1.09. The maximum Gasteiger partial charge on any atom is 0.248 e. The molecule has 2 heterocycles. The van der Waals surface area contributed by atoms with Crippen molar-refractivity contribution >= 4 is 11.9 Å². The number of aromatic hydroxyl groups is 1. The van der Waals surface area contributed by atoms with Gasteiger partial charge in [-0.05, 0) is 31.0 Å². The highest BCUT2D eigenvalue weighted by molar-refractivity contribution is 5.95. The van der Waals surface area contributed by atoms with Crippen LogP contribution in [0.1, 0.15) is 30.8 Å². The Labute approximate surface area is 138 Å². The van der Waals surface area contributed by atoms with E-state index in [9.17, 15) is 9.90 Å². The van der Waals surface area contributed by atoms with Crippen molar-refractivity contribution < 1.29 is 15.0 Å². The number of aryl methyl sites for hydroxylation is 1. The van der Waals surface area contributed by atoms with Gasteiger partial charge < -0.3 is 21.3 Å². The first kappa shape index (κ1) is 16.0. The normalized spacial score (nSPS) is 16.7. The van der Waals surface area contributed by atoms with Gasteiger partial charge in [-0.25, -0.2) is 4.68 Å². The maximum atomic E-state index is 12.0. The number of nitrogens with zero attached hydrogens (tertiary/aromatic N) is 3. The molecule has 0 spiro atoms. The number of allylic oxidation sites excluding steroid dienone is 1. The summed E-state index contributed by atoms with van der Waals surface area (Å²) >= 11 is 0. The largest absolute Gasteiger partial charge is 0.508 e. The van der Waals surface area contributed by atoms with Gasteiger partial charge in [0.15, 0.2) is 5.82 Å². The number of aromatic nitrogens is 3. The van der Waals surface area contributed by atoms with E-state index >= 15 is 0 Å². The van der Waals surface area contributed by atoms with Crippen LogP contribution in [0.2, 0.25) is 0 Å². The Hall–Kier alpha value is -2.87. The van der Waals surface area contributed by atoms with Gasteiger partial charge in [-0.2, -0.15) is 10.1 Å². The third-order valence-corrected chi connectivity index (χ3v) is 3.93. The number of phenols is 1. The summed E-state index contributed by atoms with van der Waals surface area (Å²) in [7, 11) is 0. The molecule has 0 saturated carbocycles. The van der Waals surface area contributed by atoms with E-state index in [0.717, 1.165) is 5.56 Å². The summed E-state index contributed by atoms with van der Waals surface area (Å²) in [6, 6.07) is 6.03. The molecular formula is C16H19N5O3. The third-order valence-electron chi connectivity index (χ3n) is 3.93. The van der Waals surface area contributed by atoms with Crippen molar-refractivity contribution in [2.75, 3.05) is 11.9 Å². The number of hydrogen-bond donors (Lipinski definition) is 4. The molecule has 0 aliphatic carbocycles. The molecule has 8 nitrogen and oxygen atoms in total. The zero-order valence-electron chi connectivity index (χ0n) is 13.2. The van der Waals surface area contributed by atoms with Gasteiger partial charge in [0.2, 0.25) is 11.9 Å². The zero-order valence-corrected chi connectivity index (χ0v) is 13.2. The first-order valence-electron chi connectivity index (χ1n) is 7.64. The van der Waals surface area contributed by atoms with E-state index in [-0.39, 0.29) is 12.4 Å². The van der Waals surface area contributed by atoms with Gasteiger partial charge in [0.05, 0.1) is 5.57 Å². The Kier molecular flexibility index (Phi) is 4.22. The number of aliphatic hydroxyl groups is 1. The lowest BCUT2D eigenvalue weighted by atomic mass is 9.95. The van der Waals surface area contributed by atoms with Crippen LogP contribution < -0.4 is 11.1 Å². The number of anilines is 1. The van der Waals surface area contributed by atoms with E-state index in [4.69, 9.17) is 10.8 Å². The summed E-state index contributed by atoms with van der Waals surface area (Å²) in [5.41, 5.74) is 7.36. The van der Waals surface area contributed by atoms with Crippen molar-refractivity contribution in [3.05, 3.63) is 46.9 Å². The molecule has 0 fully saturated rings. The fraction of sp³-hybridized carbons (Fsp3) is 0.312. The highest BCUT2D eigenvalue weighted by atomic mass is 16.3. The molecule has 2 aromatic rings. The molecule has 0 radical (unpaired) electrons. The van der Waals surface area contributed by atoms with E-state index < -0.39 is 11.9 Å². The van der Waals surface area contributed by atoms with Crippen LogP contribution >= 0.6 is 0 Å². The number of carbonyl (C=O) groups excluding carboxylic acids is 1. The molecule has 1 atom stereocenters. The lowest BCUT2D eigenvalue weighted by molar-refractivity contribution is -0.115. The number of nitrogens with two attached hydrogens (primary N) is 1. The number of rotatable bonds is 5. The minimum absolute atomic E-state index is 0.0580. The second-order valence-electron chi connectivity index (χ2n) is 5.65. The number of primary amides is 1. The molecule has 126 valence electrons. The monoisotopic (exact) mass is 329 g/mol. The Morgan fingerprint density at radius 2 is 2.08 bits per heavy atom. The van der Waals surface area contributed by atoms with Crippen molar-refractivity contribution in [1.82, 2.24) is 14.8 Å². The molecule has 0 saturated heterocycles. The molecule has 8 heteroatoms. The van der Waals surface area contributed by atoms with Gasteiger partial charge in [0.1, 0.15) is 11.8 Å². The predicted molar refractivity (Wildman–Crippen MR) is 87.2 cm³/mol. The third kappa shape index (κ3) is 2.83. The van der Waals surface area contributed by atoms with Crippen LogP contribution in [0, 0.1) is 0 Å². The van der Waals surface area contributed by atoms with Crippen molar-refractivity contribution in [3.63, 3.8) is 0 Å². The van der Waals surface area contributed by atoms with Crippen LogP contribution in [0.5, 0.6) is 5.75 Å². The van der Waals surface area contributed by atoms with E-state index in [1.807, 2.05) is 0 Å². The van der Waals surface area contributed by atoms with E-state index in [0.29, 0.717) is 35.9 Å². The Bertz CT molecular complexity index is 795. The minimum atomic E-state index is -0.545. The summed E-state index contributed by atoms with van der Waals surface area (Å²) in [5.74, 6) is 0.685. The van der Waals surface area contributed by atoms with Crippen molar-refractivity contribution in [2.24, 2.45) is 5.73 Å². The first-order valence-corrected chi connectivity index (χ1v) is 7.64. The Morgan fingerprint density at radius 1 is 1.38 bits per heavy atom. The maximum absolute atomic E-state index is 12.0. The molecule has 0 bridgehead atoms. The average molecular weight is 329 g/mol. The lowest BCUT2D eigenvalue weighted by Crippen LogP contribution is -2.31. The molecule has 1 amide bonds. The number of nitrogens with one attached hydrogen (secondary N) is 1. The van der Waals surface area contributed by atoms with Gasteiger partial charge in [0, 0.05) is 18.7 Å². The molecule has 5 N–H and O–H groups in total. The standard InChI is InChI=1S/C16H19N5O3/c1-9-13(15(17)24)14(10-4-6-11(23)7-5-10)21-16(18-9)19-12(20-21)3-2-8-22/h4-7,14,22-23H,2-3,8H2,1H3,(H2,17,24)(H,18,19,20)/t14-/m1/s1. The molecule has 1 aromatic carbocycles. The topological polar surface area (TPSA) is 126 Å². The van der Waals surface area contributed by atoms with Crippen LogP contribution in [-0.4, -0.2) is 37.5 Å². The van der Waals surface area contributed by atoms with E-state index in [2.05, 4.69) is 15.4 Å². The van der Waals surface area contributed by atoms with Gasteiger partial charge in [-0.3, -0.25) is 4.79 Å². The second-order valence-corrected chi connectivity index (χ2v) is 5.65. The summed E-state index contributed by atoms with van der Waals surface area (Å²) in [4.78, 5) is 16.4. The lowest BCUT2D eigenvalue weighted by Gasteiger charge is -2.27. The molecule has 24 heavy (non-hydrogen) atoms. The molecule has 1 aromatic heterocycles. The van der Waals surface area contributed by atoms with Crippen LogP contribution in [0.4, 0.5) is 5.95 Å². The Balaban J connectivity index is 2.09. The fourth-order valence-electron chi connectivity index (χ4n) is 2.82. The zero-order chi connectivity index (χ0) is 17.3. The van der Waals surface area contributed by atoms with Crippen LogP contribution in [0.15, 0.2) is 35.5 Å². The van der Waals surface area contributed by atoms with E-state index in [1.165, 1.54) is 0 Å². The number of amides is 1. The fourth-order valence-corrected chi connectivity index (χ4v) is 2.82. The van der Waals surface area contributed by atoms with Crippen LogP contribution in [0.25, 0.3) is 0 Å². The molecule has 1 aliphatic heterocycles. The first-order chi connectivity index (χ1) is 11.5. The highest BCUT2D eigenvalue weighted by Crippen LogP contribution is 2.35. The predicted octanol–water partition coefficient (Wildman–Crippen LogP) is 0.683. The van der Waals surface area contributed by atoms with Crippen molar-refractivity contribution in [3.8, 4) is 5.75 Å². The summed E-state index contributed by atoms with van der Waals surface area (Å²) in [6.45, 7) is 1.82. The smallest absolute Gasteiger partial charge is 0.248 e. The van der Waals surface area contributed by atoms with Gasteiger partial charge in [-0.15, -0.1) is 0 Å². The molecule has 0 unspecified atom stereocenters. The van der Waals surface area contributed by atoms with Gasteiger partial charge in [0.25, 0.3) is 0 Å². The molecule has 3 rings (SSSR count).